The zero-order valence-corrected chi connectivity index (χ0v) is 9.43. The number of thiol groups is 1. The van der Waals surface area contributed by atoms with Crippen LogP contribution >= 0.6 is 12.6 Å². The minimum atomic E-state index is -0.245. The summed E-state index contributed by atoms with van der Waals surface area (Å²) in [6.45, 7) is 7.87. The van der Waals surface area contributed by atoms with Crippen LogP contribution in [0.3, 0.4) is 0 Å². The van der Waals surface area contributed by atoms with Gasteiger partial charge in [0.1, 0.15) is 0 Å². The molecule has 0 fully saturated rings. The van der Waals surface area contributed by atoms with E-state index >= 15 is 0 Å². The smallest absolute Gasteiger partial charge is 0.0638 e. The maximum Gasteiger partial charge on any atom is 0.0638 e. The van der Waals surface area contributed by atoms with Crippen molar-refractivity contribution in [3.8, 4) is 0 Å². The SMILES string of the molecule is CC(O)CN(C)CC(C)(C)CS. The molecule has 0 aromatic rings. The quantitative estimate of drug-likeness (QED) is 0.639. The maximum absolute atomic E-state index is 9.13. The third-order valence-corrected chi connectivity index (χ3v) is 2.56. The summed E-state index contributed by atoms with van der Waals surface area (Å²) in [6.07, 6.45) is -0.245. The van der Waals surface area contributed by atoms with Gasteiger partial charge >= 0.3 is 0 Å². The lowest BCUT2D eigenvalue weighted by molar-refractivity contribution is 0.122. The molecule has 1 unspecified atom stereocenters. The largest absolute Gasteiger partial charge is 0.392 e. The zero-order valence-electron chi connectivity index (χ0n) is 8.54. The first kappa shape index (κ1) is 12.3. The van der Waals surface area contributed by atoms with Gasteiger partial charge in [-0.25, -0.2) is 0 Å². The van der Waals surface area contributed by atoms with Crippen molar-refractivity contribution < 1.29 is 5.11 Å². The normalized spacial score (nSPS) is 15.2. The molecular formula is C9H21NOS. The molecule has 0 radical (unpaired) electrons. The molecule has 0 aliphatic carbocycles. The lowest BCUT2D eigenvalue weighted by atomic mass is 9.96. The summed E-state index contributed by atoms with van der Waals surface area (Å²) >= 11 is 4.28. The van der Waals surface area contributed by atoms with E-state index in [1.807, 2.05) is 14.0 Å². The molecule has 0 saturated heterocycles. The summed E-state index contributed by atoms with van der Waals surface area (Å²) in [5, 5.41) is 9.13. The molecule has 1 atom stereocenters. The van der Waals surface area contributed by atoms with Crippen LogP contribution in [0.5, 0.6) is 0 Å². The Morgan fingerprint density at radius 1 is 1.50 bits per heavy atom. The monoisotopic (exact) mass is 191 g/mol. The van der Waals surface area contributed by atoms with E-state index in [1.165, 1.54) is 0 Å². The van der Waals surface area contributed by atoms with Gasteiger partial charge in [0.2, 0.25) is 0 Å². The van der Waals surface area contributed by atoms with Gasteiger partial charge in [-0.3, -0.25) is 0 Å². The first-order chi connectivity index (χ1) is 5.37. The Bertz CT molecular complexity index is 126. The second-order valence-corrected chi connectivity index (χ2v) is 4.68. The van der Waals surface area contributed by atoms with E-state index in [-0.39, 0.29) is 11.5 Å². The fraction of sp³-hybridized carbons (Fsp3) is 1.00. The number of aliphatic hydroxyl groups excluding tert-OH is 1. The van der Waals surface area contributed by atoms with Crippen molar-refractivity contribution in [2.24, 2.45) is 5.41 Å². The van der Waals surface area contributed by atoms with E-state index in [2.05, 4.69) is 31.4 Å². The Morgan fingerprint density at radius 2 is 2.00 bits per heavy atom. The van der Waals surface area contributed by atoms with Gasteiger partial charge in [0.15, 0.2) is 0 Å². The van der Waals surface area contributed by atoms with E-state index in [9.17, 15) is 0 Å². The van der Waals surface area contributed by atoms with Crippen molar-refractivity contribution in [3.05, 3.63) is 0 Å². The first-order valence-corrected chi connectivity index (χ1v) is 4.98. The van der Waals surface area contributed by atoms with Crippen molar-refractivity contribution in [3.63, 3.8) is 0 Å². The summed E-state index contributed by atoms with van der Waals surface area (Å²) in [7, 11) is 2.03. The van der Waals surface area contributed by atoms with Crippen molar-refractivity contribution in [1.82, 2.24) is 4.90 Å². The fourth-order valence-corrected chi connectivity index (χ4v) is 1.40. The molecule has 0 rings (SSSR count). The average Bonchev–Trinajstić information content (AvgIpc) is 1.84. The minimum Gasteiger partial charge on any atom is -0.392 e. The van der Waals surface area contributed by atoms with Crippen molar-refractivity contribution in [1.29, 1.82) is 0 Å². The second kappa shape index (κ2) is 5.10. The highest BCUT2D eigenvalue weighted by atomic mass is 32.1. The molecule has 0 aromatic heterocycles. The van der Waals surface area contributed by atoms with Gasteiger partial charge in [-0.1, -0.05) is 13.8 Å². The van der Waals surface area contributed by atoms with Gasteiger partial charge < -0.3 is 10.0 Å². The molecule has 0 aliphatic rings. The topological polar surface area (TPSA) is 23.5 Å². The summed E-state index contributed by atoms with van der Waals surface area (Å²) in [5.74, 6) is 0.872. The van der Waals surface area contributed by atoms with Crippen LogP contribution < -0.4 is 0 Å². The highest BCUT2D eigenvalue weighted by Crippen LogP contribution is 2.17. The Hall–Kier alpha value is 0.270. The molecule has 0 spiro atoms. The number of hydrogen-bond acceptors (Lipinski definition) is 3. The van der Waals surface area contributed by atoms with Gasteiger partial charge in [-0.2, -0.15) is 12.6 Å². The van der Waals surface area contributed by atoms with E-state index in [0.717, 1.165) is 18.8 Å². The lowest BCUT2D eigenvalue weighted by Gasteiger charge is -2.29. The van der Waals surface area contributed by atoms with E-state index in [0.29, 0.717) is 0 Å². The van der Waals surface area contributed by atoms with Gasteiger partial charge in [-0.05, 0) is 25.1 Å². The molecular weight excluding hydrogens is 170 g/mol. The third kappa shape index (κ3) is 5.86. The van der Waals surface area contributed by atoms with Gasteiger partial charge in [0.25, 0.3) is 0 Å². The molecule has 0 bridgehead atoms. The van der Waals surface area contributed by atoms with Crippen LogP contribution in [0.2, 0.25) is 0 Å². The summed E-state index contributed by atoms with van der Waals surface area (Å²) < 4.78 is 0. The summed E-state index contributed by atoms with van der Waals surface area (Å²) in [5.41, 5.74) is 0.229. The van der Waals surface area contributed by atoms with Gasteiger partial charge in [-0.15, -0.1) is 0 Å². The van der Waals surface area contributed by atoms with E-state index < -0.39 is 0 Å². The molecule has 3 heteroatoms. The molecule has 74 valence electrons. The predicted molar refractivity (Wildman–Crippen MR) is 56.8 cm³/mol. The Kier molecular flexibility index (Phi) is 5.21. The van der Waals surface area contributed by atoms with Crippen LogP contribution in [0.15, 0.2) is 0 Å². The van der Waals surface area contributed by atoms with Crippen molar-refractivity contribution in [2.75, 3.05) is 25.9 Å². The molecule has 0 amide bonds. The predicted octanol–water partition coefficient (Wildman–Crippen LogP) is 1.26. The molecule has 0 aromatic carbocycles. The van der Waals surface area contributed by atoms with Crippen LogP contribution in [-0.4, -0.2) is 42.0 Å². The molecule has 12 heavy (non-hydrogen) atoms. The van der Waals surface area contributed by atoms with E-state index in [4.69, 9.17) is 5.11 Å². The Balaban J connectivity index is 3.75. The zero-order chi connectivity index (χ0) is 9.78. The number of rotatable bonds is 5. The van der Waals surface area contributed by atoms with Gasteiger partial charge in [0.05, 0.1) is 6.10 Å². The number of nitrogens with zero attached hydrogens (tertiary/aromatic N) is 1. The summed E-state index contributed by atoms with van der Waals surface area (Å²) in [6, 6.07) is 0. The Morgan fingerprint density at radius 3 is 2.33 bits per heavy atom. The molecule has 0 aliphatic heterocycles. The van der Waals surface area contributed by atoms with Crippen molar-refractivity contribution in [2.45, 2.75) is 26.9 Å². The van der Waals surface area contributed by atoms with Crippen LogP contribution in [0.25, 0.3) is 0 Å². The van der Waals surface area contributed by atoms with Crippen LogP contribution in [0.1, 0.15) is 20.8 Å². The maximum atomic E-state index is 9.13. The standard InChI is InChI=1S/C9H21NOS/c1-8(11)5-10(4)6-9(2,3)7-12/h8,11-12H,5-7H2,1-4H3. The first-order valence-electron chi connectivity index (χ1n) is 4.35. The van der Waals surface area contributed by atoms with Crippen LogP contribution in [0.4, 0.5) is 0 Å². The molecule has 2 nitrogen and oxygen atoms in total. The van der Waals surface area contributed by atoms with E-state index in [1.54, 1.807) is 0 Å². The molecule has 0 heterocycles. The number of aliphatic hydroxyl groups is 1. The lowest BCUT2D eigenvalue weighted by Crippen LogP contribution is -2.36. The van der Waals surface area contributed by atoms with Crippen molar-refractivity contribution >= 4 is 12.6 Å². The fourth-order valence-electron chi connectivity index (χ4n) is 1.30. The third-order valence-electron chi connectivity index (χ3n) is 1.70. The van der Waals surface area contributed by atoms with Crippen LogP contribution in [0, 0.1) is 5.41 Å². The molecule has 1 N–H and O–H groups in total. The molecule has 0 saturated carbocycles. The highest BCUT2D eigenvalue weighted by molar-refractivity contribution is 7.80. The second-order valence-electron chi connectivity index (χ2n) is 4.37. The minimum absolute atomic E-state index is 0.229. The van der Waals surface area contributed by atoms with Gasteiger partial charge in [0, 0.05) is 13.1 Å². The highest BCUT2D eigenvalue weighted by Gasteiger charge is 2.18. The Labute approximate surface area is 81.4 Å². The average molecular weight is 191 g/mol. The van der Waals surface area contributed by atoms with Crippen LogP contribution in [-0.2, 0) is 0 Å². The number of hydrogen-bond donors (Lipinski definition) is 2. The summed E-state index contributed by atoms with van der Waals surface area (Å²) in [4.78, 5) is 2.14. The number of likely N-dealkylation sites (N-methyl/N-ethyl adjacent to an activating group) is 1.